The fourth-order valence-electron chi connectivity index (χ4n) is 1.05. The van der Waals surface area contributed by atoms with Crippen molar-refractivity contribution in [2.45, 2.75) is 0 Å². The van der Waals surface area contributed by atoms with Gasteiger partial charge in [-0.1, -0.05) is 0 Å². The van der Waals surface area contributed by atoms with Crippen molar-refractivity contribution < 1.29 is 0 Å². The number of aromatic nitrogens is 2. The van der Waals surface area contributed by atoms with Gasteiger partial charge in [-0.25, -0.2) is 0 Å². The number of hydrogen-bond donors (Lipinski definition) is 1. The Bertz CT molecular complexity index is 454. The molecule has 3 nitrogen and oxygen atoms in total. The zero-order valence-corrected chi connectivity index (χ0v) is 6.93. The standard InChI is InChI=1S/C8H5N3S/c12-5-9-7-1-2-8-6(3-7)4-10-11-8/h1-4H,(H,10,11). The first-order valence-corrected chi connectivity index (χ1v) is 3.82. The van der Waals surface area contributed by atoms with Gasteiger partial charge < -0.3 is 0 Å². The molecule has 4 heteroatoms. The summed E-state index contributed by atoms with van der Waals surface area (Å²) in [7, 11) is 0. The molecule has 0 radical (unpaired) electrons. The normalized spacial score (nSPS) is 9.67. The number of benzene rings is 1. The highest BCUT2D eigenvalue weighted by molar-refractivity contribution is 7.78. The predicted molar refractivity (Wildman–Crippen MR) is 50.8 cm³/mol. The molecule has 0 aliphatic rings. The van der Waals surface area contributed by atoms with E-state index in [9.17, 15) is 0 Å². The van der Waals surface area contributed by atoms with Crippen molar-refractivity contribution >= 4 is 34.0 Å². The van der Waals surface area contributed by atoms with Crippen molar-refractivity contribution in [1.82, 2.24) is 10.2 Å². The van der Waals surface area contributed by atoms with Crippen LogP contribution in [0.3, 0.4) is 0 Å². The van der Waals surface area contributed by atoms with E-state index in [0.29, 0.717) is 0 Å². The quantitative estimate of drug-likeness (QED) is 0.533. The number of H-pyrrole nitrogens is 1. The van der Waals surface area contributed by atoms with Crippen LogP contribution in [0.15, 0.2) is 29.4 Å². The Morgan fingerprint density at radius 2 is 2.42 bits per heavy atom. The zero-order chi connectivity index (χ0) is 8.39. The van der Waals surface area contributed by atoms with Gasteiger partial charge in [0, 0.05) is 5.39 Å². The average Bonchev–Trinajstić information content (AvgIpc) is 2.51. The molecular formula is C8H5N3S. The molecule has 1 heterocycles. The molecule has 0 fully saturated rings. The van der Waals surface area contributed by atoms with Gasteiger partial charge in [-0.3, -0.25) is 5.10 Å². The van der Waals surface area contributed by atoms with Crippen molar-refractivity contribution in [3.63, 3.8) is 0 Å². The first kappa shape index (κ1) is 7.16. The SMILES string of the molecule is S=C=Nc1ccc2[nH]ncc2c1. The molecule has 2 aromatic rings. The number of aromatic amines is 1. The molecule has 0 saturated heterocycles. The lowest BCUT2D eigenvalue weighted by molar-refractivity contribution is 1.12. The molecule has 1 aromatic carbocycles. The lowest BCUT2D eigenvalue weighted by Crippen LogP contribution is -1.67. The number of rotatable bonds is 1. The minimum absolute atomic E-state index is 0.805. The van der Waals surface area contributed by atoms with Crippen molar-refractivity contribution in [2.24, 2.45) is 4.99 Å². The first-order valence-electron chi connectivity index (χ1n) is 3.41. The highest BCUT2D eigenvalue weighted by atomic mass is 32.1. The second-order valence-corrected chi connectivity index (χ2v) is 2.53. The van der Waals surface area contributed by atoms with Crippen LogP contribution in [0, 0.1) is 0 Å². The van der Waals surface area contributed by atoms with E-state index in [1.54, 1.807) is 6.20 Å². The van der Waals surface area contributed by atoms with Crippen LogP contribution in [0.25, 0.3) is 10.9 Å². The lowest BCUT2D eigenvalue weighted by Gasteiger charge is -1.89. The summed E-state index contributed by atoms with van der Waals surface area (Å²) in [6.45, 7) is 0. The van der Waals surface area contributed by atoms with Crippen LogP contribution < -0.4 is 0 Å². The third-order valence-electron chi connectivity index (χ3n) is 1.60. The van der Waals surface area contributed by atoms with E-state index in [-0.39, 0.29) is 0 Å². The maximum absolute atomic E-state index is 4.50. The van der Waals surface area contributed by atoms with Gasteiger partial charge in [-0.15, -0.1) is 0 Å². The van der Waals surface area contributed by atoms with E-state index in [4.69, 9.17) is 0 Å². The van der Waals surface area contributed by atoms with Gasteiger partial charge in [0.15, 0.2) is 0 Å². The van der Waals surface area contributed by atoms with Crippen molar-refractivity contribution in [3.8, 4) is 0 Å². The lowest BCUT2D eigenvalue weighted by atomic mass is 10.2. The third kappa shape index (κ3) is 1.13. The summed E-state index contributed by atoms with van der Waals surface area (Å²) in [4.78, 5) is 3.86. The van der Waals surface area contributed by atoms with Gasteiger partial charge in [-0.05, 0) is 30.4 Å². The molecule has 0 unspecified atom stereocenters. The third-order valence-corrected chi connectivity index (χ3v) is 1.69. The van der Waals surface area contributed by atoms with Gasteiger partial charge in [0.05, 0.1) is 22.6 Å². The van der Waals surface area contributed by atoms with Crippen molar-refractivity contribution in [1.29, 1.82) is 0 Å². The molecule has 58 valence electrons. The van der Waals surface area contributed by atoms with Gasteiger partial charge in [0.2, 0.25) is 0 Å². The number of isothiocyanates is 1. The smallest absolute Gasteiger partial charge is 0.0747 e. The molecule has 0 aliphatic carbocycles. The second-order valence-electron chi connectivity index (χ2n) is 2.34. The zero-order valence-electron chi connectivity index (χ0n) is 6.11. The molecule has 2 rings (SSSR count). The highest BCUT2D eigenvalue weighted by Crippen LogP contribution is 2.18. The molecule has 0 aliphatic heterocycles. The summed E-state index contributed by atoms with van der Waals surface area (Å²) in [6, 6.07) is 5.67. The van der Waals surface area contributed by atoms with Crippen molar-refractivity contribution in [3.05, 3.63) is 24.4 Å². The van der Waals surface area contributed by atoms with Crippen LogP contribution in [0.1, 0.15) is 0 Å². The summed E-state index contributed by atoms with van der Waals surface area (Å²) < 4.78 is 0. The fraction of sp³-hybridized carbons (Fsp3) is 0. The molecule has 0 bridgehead atoms. The van der Waals surface area contributed by atoms with Crippen LogP contribution in [0.5, 0.6) is 0 Å². The Morgan fingerprint density at radius 1 is 1.50 bits per heavy atom. The predicted octanol–water partition coefficient (Wildman–Crippen LogP) is 2.30. The molecule has 1 N–H and O–H groups in total. The first-order chi connectivity index (χ1) is 5.90. The molecule has 0 atom stereocenters. The van der Waals surface area contributed by atoms with Gasteiger partial charge in [0.25, 0.3) is 0 Å². The topological polar surface area (TPSA) is 41.0 Å². The Morgan fingerprint density at radius 3 is 3.25 bits per heavy atom. The number of thiocarbonyl (C=S) groups is 1. The van der Waals surface area contributed by atoms with Crippen LogP contribution in [-0.2, 0) is 0 Å². The monoisotopic (exact) mass is 175 g/mol. The Hall–Kier alpha value is -1.51. The van der Waals surface area contributed by atoms with E-state index in [1.165, 1.54) is 0 Å². The molecule has 0 spiro atoms. The average molecular weight is 175 g/mol. The highest BCUT2D eigenvalue weighted by Gasteiger charge is 1.94. The molecule has 1 aromatic heterocycles. The number of aliphatic imine (C=N–C) groups is 1. The van der Waals surface area contributed by atoms with E-state index in [1.807, 2.05) is 18.2 Å². The van der Waals surface area contributed by atoms with Gasteiger partial charge in [-0.2, -0.15) is 10.1 Å². The molecular weight excluding hydrogens is 170 g/mol. The molecule has 0 amide bonds. The van der Waals surface area contributed by atoms with Crippen LogP contribution >= 0.6 is 12.2 Å². The second kappa shape index (κ2) is 2.85. The summed E-state index contributed by atoms with van der Waals surface area (Å²) in [6.07, 6.45) is 1.75. The summed E-state index contributed by atoms with van der Waals surface area (Å²) in [5, 5.41) is 10.1. The number of nitrogens with zero attached hydrogens (tertiary/aromatic N) is 2. The molecule has 0 saturated carbocycles. The summed E-state index contributed by atoms with van der Waals surface area (Å²) in [5.41, 5.74) is 1.80. The van der Waals surface area contributed by atoms with Gasteiger partial charge >= 0.3 is 0 Å². The Balaban J connectivity index is 2.67. The van der Waals surface area contributed by atoms with E-state index >= 15 is 0 Å². The number of nitrogens with one attached hydrogen (secondary N) is 1. The fourth-order valence-corrected chi connectivity index (χ4v) is 1.16. The maximum Gasteiger partial charge on any atom is 0.0747 e. The van der Waals surface area contributed by atoms with Crippen LogP contribution in [-0.4, -0.2) is 15.4 Å². The van der Waals surface area contributed by atoms with E-state index in [0.717, 1.165) is 16.6 Å². The van der Waals surface area contributed by atoms with Gasteiger partial charge in [0.1, 0.15) is 0 Å². The summed E-state index contributed by atoms with van der Waals surface area (Å²) >= 11 is 4.50. The van der Waals surface area contributed by atoms with E-state index in [2.05, 4.69) is 32.6 Å². The number of fused-ring (bicyclic) bond motifs is 1. The molecule has 12 heavy (non-hydrogen) atoms. The summed E-state index contributed by atoms with van der Waals surface area (Å²) in [5.74, 6) is 0. The Kier molecular flexibility index (Phi) is 1.70. The minimum atomic E-state index is 0.805. The minimum Gasteiger partial charge on any atom is -0.278 e. The number of hydrogen-bond acceptors (Lipinski definition) is 3. The Labute approximate surface area is 74.1 Å². The van der Waals surface area contributed by atoms with E-state index < -0.39 is 0 Å². The van der Waals surface area contributed by atoms with Crippen molar-refractivity contribution in [2.75, 3.05) is 0 Å². The van der Waals surface area contributed by atoms with Crippen LogP contribution in [0.2, 0.25) is 0 Å². The largest absolute Gasteiger partial charge is 0.278 e. The van der Waals surface area contributed by atoms with Crippen LogP contribution in [0.4, 0.5) is 5.69 Å². The maximum atomic E-state index is 4.50.